The van der Waals surface area contributed by atoms with Crippen LogP contribution >= 0.6 is 0 Å². The molecule has 30 nitrogen and oxygen atoms in total. The van der Waals surface area contributed by atoms with Crippen LogP contribution in [0, 0.1) is 0 Å². The number of aryl methyl sites for hydroxylation is 1. The zero-order chi connectivity index (χ0) is 77.4. The first-order chi connectivity index (χ1) is 48.8. The van der Waals surface area contributed by atoms with Crippen molar-refractivity contribution in [2.24, 2.45) is 0 Å². The highest BCUT2D eigenvalue weighted by Gasteiger charge is 2.32. The van der Waals surface area contributed by atoms with Crippen LogP contribution in [-0.2, 0) is 110 Å². The molecule has 0 spiro atoms. The number of carbonyl (C=O) groups is 10. The van der Waals surface area contributed by atoms with Gasteiger partial charge in [0.25, 0.3) is 0 Å². The van der Waals surface area contributed by atoms with Gasteiger partial charge in [0.15, 0.2) is 0 Å². The molecule has 6 N–H and O–H groups in total. The second-order valence-corrected chi connectivity index (χ2v) is 30.2. The summed E-state index contributed by atoms with van der Waals surface area (Å²) in [4.78, 5) is 138. The lowest BCUT2D eigenvalue weighted by Crippen LogP contribution is -2.54. The summed E-state index contributed by atoms with van der Waals surface area (Å²) < 4.78 is 56.2. The molecule has 1 heterocycles. The SMILES string of the molecule is CC(C)(C)OC(=O)CN1CCN(CC(=O)OC(C)(C)C)CCN(CC(=O)OC(C)(C)C)C(Cc2ccc(CCC(=O)NCCOCCOCCOCCOCCOCCNC(=O)CNC(=O)[C@H](Cc3ccccc3)NC(=O)CNC(=O)CNC(=O)OC(C)(C)C)cc2)CN(CC(=O)OC(C)(C)C)CC1. The Kier molecular flexibility index (Phi) is 41.2. The number of ether oxygens (including phenoxy) is 10. The molecule has 2 aromatic rings. The Morgan fingerprint density at radius 3 is 1.25 bits per heavy atom. The van der Waals surface area contributed by atoms with Gasteiger partial charge in [-0.25, -0.2) is 4.79 Å². The van der Waals surface area contributed by atoms with E-state index >= 15 is 0 Å². The lowest BCUT2D eigenvalue weighted by molar-refractivity contribution is -0.160. The Hall–Kier alpha value is -7.42. The number of amides is 6. The Morgan fingerprint density at radius 2 is 0.779 bits per heavy atom. The maximum Gasteiger partial charge on any atom is 0.408 e. The molecule has 0 aliphatic carbocycles. The van der Waals surface area contributed by atoms with Crippen molar-refractivity contribution in [3.05, 3.63) is 71.3 Å². The number of esters is 4. The predicted octanol–water partition coefficient (Wildman–Crippen LogP) is 2.92. The first kappa shape index (κ1) is 90.8. The quantitative estimate of drug-likeness (QED) is 0.0317. The summed E-state index contributed by atoms with van der Waals surface area (Å²) in [5.41, 5.74) is -1.00. The highest BCUT2D eigenvalue weighted by molar-refractivity contribution is 5.92. The third kappa shape index (κ3) is 47.1. The molecule has 0 bridgehead atoms. The van der Waals surface area contributed by atoms with Gasteiger partial charge in [-0.05, 0) is 133 Å². The minimum atomic E-state index is -1.06. The third-order valence-electron chi connectivity index (χ3n) is 14.6. The highest BCUT2D eigenvalue weighted by Crippen LogP contribution is 2.19. The van der Waals surface area contributed by atoms with Crippen molar-refractivity contribution in [3.8, 4) is 0 Å². The van der Waals surface area contributed by atoms with Crippen molar-refractivity contribution < 1.29 is 95.3 Å². The molecule has 3 rings (SSSR count). The molecule has 1 fully saturated rings. The van der Waals surface area contributed by atoms with Crippen LogP contribution in [0.25, 0.3) is 0 Å². The number of carbonyl (C=O) groups excluding carboxylic acids is 10. The van der Waals surface area contributed by atoms with Gasteiger partial charge >= 0.3 is 30.0 Å². The topological polar surface area (TPSA) is 348 Å². The molecular formula is C74H122N10O20. The molecule has 30 heteroatoms. The van der Waals surface area contributed by atoms with Crippen LogP contribution in [0.5, 0.6) is 0 Å². The van der Waals surface area contributed by atoms with Crippen LogP contribution in [0.1, 0.15) is 127 Å². The normalized spacial score (nSPS) is 15.2. The van der Waals surface area contributed by atoms with Crippen molar-refractivity contribution in [2.75, 3.05) is 171 Å². The summed E-state index contributed by atoms with van der Waals surface area (Å²) in [5.74, 6) is -4.14. The van der Waals surface area contributed by atoms with Gasteiger partial charge in [0.2, 0.25) is 29.5 Å². The third-order valence-corrected chi connectivity index (χ3v) is 14.6. The van der Waals surface area contributed by atoms with Gasteiger partial charge in [0.05, 0.1) is 105 Å². The second-order valence-electron chi connectivity index (χ2n) is 30.2. The summed E-state index contributed by atoms with van der Waals surface area (Å²) >= 11 is 0. The van der Waals surface area contributed by atoms with Crippen LogP contribution in [0.2, 0.25) is 0 Å². The van der Waals surface area contributed by atoms with Crippen molar-refractivity contribution in [2.45, 2.75) is 170 Å². The standard InChI is InChI=1S/C74H122N10O20/c1-70(2,3)100-64(89)51-81-29-30-82(52-65(90)101-71(4,5)6)33-34-84(54-67(92)103-73(10,11)12)58(50-83(32-31-81)53-66(91)102-72(7,8)9)45-57-23-21-55(22-24-57)25-26-60(85)75-27-35-95-37-39-97-41-43-99-44-42-98-40-38-96-36-28-76-61(86)47-78-68(93)59(46-56-19-17-16-18-20-56)80-63(88)49-77-62(87)48-79-69(94)104-74(13,14)15/h16-24,58-59H,25-54H2,1-15H3,(H,75,85)(H,76,86)(H,77,87)(H,78,93)(H,79,94)(H,80,88)/t58?,59-/m0/s1. The first-order valence-electron chi connectivity index (χ1n) is 35.9. The Balaban J connectivity index is 1.38. The van der Waals surface area contributed by atoms with Gasteiger partial charge in [-0.3, -0.25) is 62.8 Å². The second kappa shape index (κ2) is 47.2. The molecule has 1 aliphatic heterocycles. The summed E-state index contributed by atoms with van der Waals surface area (Å²) in [7, 11) is 0. The van der Waals surface area contributed by atoms with E-state index in [4.69, 9.17) is 47.4 Å². The predicted molar refractivity (Wildman–Crippen MR) is 389 cm³/mol. The molecule has 1 aliphatic rings. The first-order valence-corrected chi connectivity index (χ1v) is 35.9. The van der Waals surface area contributed by atoms with Gasteiger partial charge < -0.3 is 79.3 Å². The number of hydrogen-bond acceptors (Lipinski definition) is 24. The van der Waals surface area contributed by atoms with E-state index < -0.39 is 101 Å². The van der Waals surface area contributed by atoms with Crippen molar-refractivity contribution in [1.82, 2.24) is 51.5 Å². The van der Waals surface area contributed by atoms with E-state index in [1.807, 2.05) is 128 Å². The molecule has 0 radical (unpaired) electrons. The zero-order valence-corrected chi connectivity index (χ0v) is 64.5. The molecule has 104 heavy (non-hydrogen) atoms. The average Bonchev–Trinajstić information content (AvgIpc) is 0.846. The molecule has 588 valence electrons. The number of hydrogen-bond donors (Lipinski definition) is 6. The summed E-state index contributed by atoms with van der Waals surface area (Å²) in [6.45, 7) is 31.6. The van der Waals surface area contributed by atoms with E-state index in [-0.39, 0.29) is 77.3 Å². The van der Waals surface area contributed by atoms with Gasteiger partial charge in [-0.1, -0.05) is 54.6 Å². The molecule has 6 amide bonds. The van der Waals surface area contributed by atoms with Crippen LogP contribution in [0.3, 0.4) is 0 Å². The lowest BCUT2D eigenvalue weighted by atomic mass is 10.0. The Bertz CT molecular complexity index is 2930. The van der Waals surface area contributed by atoms with Gasteiger partial charge in [0.1, 0.15) is 40.6 Å². The van der Waals surface area contributed by atoms with Crippen molar-refractivity contribution >= 4 is 59.5 Å². The smallest absolute Gasteiger partial charge is 0.408 e. The van der Waals surface area contributed by atoms with E-state index in [9.17, 15) is 47.9 Å². The van der Waals surface area contributed by atoms with Crippen LogP contribution in [0.4, 0.5) is 4.79 Å². The maximum atomic E-state index is 13.8. The summed E-state index contributed by atoms with van der Waals surface area (Å²) in [6, 6.07) is 15.5. The molecule has 0 saturated carbocycles. The fourth-order valence-electron chi connectivity index (χ4n) is 10.1. The highest BCUT2D eigenvalue weighted by atomic mass is 16.6. The summed E-state index contributed by atoms with van der Waals surface area (Å²) in [6.07, 6.45) is 0.534. The summed E-state index contributed by atoms with van der Waals surface area (Å²) in [5, 5.41) is 15.4. The van der Waals surface area contributed by atoms with Crippen LogP contribution in [0.15, 0.2) is 54.6 Å². The molecule has 1 unspecified atom stereocenters. The lowest BCUT2D eigenvalue weighted by Gasteiger charge is -2.39. The van der Waals surface area contributed by atoms with Crippen molar-refractivity contribution in [3.63, 3.8) is 0 Å². The minimum Gasteiger partial charge on any atom is -0.459 e. The largest absolute Gasteiger partial charge is 0.459 e. The fraction of sp³-hybridized carbons (Fsp3) is 0.703. The van der Waals surface area contributed by atoms with E-state index in [1.165, 1.54) is 0 Å². The Morgan fingerprint density at radius 1 is 0.394 bits per heavy atom. The van der Waals surface area contributed by atoms with E-state index in [0.717, 1.165) is 16.7 Å². The number of nitrogens with one attached hydrogen (secondary N) is 6. The number of nitrogens with zero attached hydrogens (tertiary/aromatic N) is 4. The molecule has 0 aromatic heterocycles. The van der Waals surface area contributed by atoms with E-state index in [1.54, 1.807) is 45.0 Å². The zero-order valence-electron chi connectivity index (χ0n) is 64.5. The maximum absolute atomic E-state index is 13.8. The number of benzene rings is 2. The van der Waals surface area contributed by atoms with Gasteiger partial charge in [-0.15, -0.1) is 0 Å². The molecule has 2 atom stereocenters. The van der Waals surface area contributed by atoms with Gasteiger partial charge in [0, 0.05) is 77.8 Å². The van der Waals surface area contributed by atoms with Crippen LogP contribution in [-0.4, -0.2) is 290 Å². The monoisotopic (exact) mass is 1470 g/mol. The molecule has 1 saturated heterocycles. The van der Waals surface area contributed by atoms with E-state index in [0.29, 0.717) is 118 Å². The number of alkyl carbamates (subject to hydrolysis) is 1. The molecular weight excluding hydrogens is 1350 g/mol. The fourth-order valence-corrected chi connectivity index (χ4v) is 10.1. The Labute approximate surface area is 615 Å². The molecule has 2 aromatic carbocycles. The van der Waals surface area contributed by atoms with E-state index in [2.05, 4.69) is 36.8 Å². The van der Waals surface area contributed by atoms with Crippen molar-refractivity contribution in [1.29, 1.82) is 0 Å². The minimum absolute atomic E-state index is 0.0122. The van der Waals surface area contributed by atoms with Crippen LogP contribution < -0.4 is 31.9 Å². The number of rotatable bonds is 41. The van der Waals surface area contributed by atoms with Gasteiger partial charge in [-0.2, -0.15) is 0 Å². The average molecular weight is 1470 g/mol.